The van der Waals surface area contributed by atoms with Crippen LogP contribution in [-0.4, -0.2) is 34.4 Å². The Balaban J connectivity index is 1.96. The zero-order valence-corrected chi connectivity index (χ0v) is 11.3. The molecule has 0 spiro atoms. The van der Waals surface area contributed by atoms with Crippen molar-refractivity contribution < 1.29 is 4.79 Å². The van der Waals surface area contributed by atoms with Crippen molar-refractivity contribution in [1.82, 2.24) is 14.9 Å². The summed E-state index contributed by atoms with van der Waals surface area (Å²) in [5, 5.41) is 2.04. The van der Waals surface area contributed by atoms with Gasteiger partial charge in [0.1, 0.15) is 5.69 Å². The molecule has 0 saturated heterocycles. The lowest BCUT2D eigenvalue weighted by Crippen LogP contribution is -2.29. The number of aromatic nitrogens is 2. The number of carbonyl (C=O) groups is 1. The Labute approximate surface area is 110 Å². The van der Waals surface area contributed by atoms with Crippen molar-refractivity contribution in [1.29, 1.82) is 0 Å². The van der Waals surface area contributed by atoms with Crippen LogP contribution in [0.2, 0.25) is 0 Å². The van der Waals surface area contributed by atoms with Crippen molar-refractivity contribution in [2.75, 3.05) is 13.6 Å². The van der Waals surface area contributed by atoms with E-state index < -0.39 is 0 Å². The summed E-state index contributed by atoms with van der Waals surface area (Å²) in [5.74, 6) is -0.0808. The largest absolute Gasteiger partial charge is 0.340 e. The minimum atomic E-state index is -0.0808. The predicted octanol–water partition coefficient (Wildman–Crippen LogP) is 2.16. The van der Waals surface area contributed by atoms with Crippen LogP contribution in [0.25, 0.3) is 0 Å². The van der Waals surface area contributed by atoms with Gasteiger partial charge in [0.15, 0.2) is 0 Å². The fraction of sp³-hybridized carbons (Fsp3) is 0.308. The van der Waals surface area contributed by atoms with Gasteiger partial charge in [0.25, 0.3) is 5.91 Å². The molecule has 2 aromatic rings. The predicted molar refractivity (Wildman–Crippen MR) is 71.8 cm³/mol. The van der Waals surface area contributed by atoms with E-state index in [1.807, 2.05) is 18.4 Å². The van der Waals surface area contributed by atoms with Gasteiger partial charge < -0.3 is 4.90 Å². The van der Waals surface area contributed by atoms with E-state index in [4.69, 9.17) is 0 Å². The molecule has 0 atom stereocenters. The van der Waals surface area contributed by atoms with Crippen LogP contribution in [0.4, 0.5) is 0 Å². The maximum Gasteiger partial charge on any atom is 0.273 e. The van der Waals surface area contributed by atoms with Gasteiger partial charge in [-0.2, -0.15) is 0 Å². The highest BCUT2D eigenvalue weighted by atomic mass is 32.1. The number of carbonyl (C=O) groups excluding carboxylic acids is 1. The minimum Gasteiger partial charge on any atom is -0.340 e. The summed E-state index contributed by atoms with van der Waals surface area (Å²) >= 11 is 1.71. The van der Waals surface area contributed by atoms with E-state index in [1.165, 1.54) is 11.1 Å². The van der Waals surface area contributed by atoms with Crippen molar-refractivity contribution >= 4 is 17.2 Å². The fourth-order valence-electron chi connectivity index (χ4n) is 1.60. The van der Waals surface area contributed by atoms with Crippen LogP contribution < -0.4 is 0 Å². The van der Waals surface area contributed by atoms with E-state index in [1.54, 1.807) is 29.5 Å². The third-order valence-electron chi connectivity index (χ3n) is 2.59. The van der Waals surface area contributed by atoms with Gasteiger partial charge in [-0.15, -0.1) is 11.3 Å². The summed E-state index contributed by atoms with van der Waals surface area (Å²) < 4.78 is 0. The first-order valence-electron chi connectivity index (χ1n) is 5.73. The van der Waals surface area contributed by atoms with E-state index >= 15 is 0 Å². The third kappa shape index (κ3) is 3.13. The van der Waals surface area contributed by atoms with Crippen LogP contribution in [-0.2, 0) is 6.42 Å². The average molecular weight is 261 g/mol. The first-order valence-corrected chi connectivity index (χ1v) is 6.61. The molecule has 0 N–H and O–H groups in total. The Kier molecular flexibility index (Phi) is 4.04. The van der Waals surface area contributed by atoms with Gasteiger partial charge >= 0.3 is 0 Å². The topological polar surface area (TPSA) is 46.1 Å². The van der Waals surface area contributed by atoms with Gasteiger partial charge in [-0.25, -0.2) is 4.98 Å². The Morgan fingerprint density at radius 1 is 1.44 bits per heavy atom. The number of amides is 1. The standard InChI is InChI=1S/C13H15N3OS/c1-10-8-14-9-12(15-10)13(17)16(2)6-5-11-4-3-7-18-11/h3-4,7-9H,5-6H2,1-2H3. The van der Waals surface area contributed by atoms with Crippen molar-refractivity contribution in [3.8, 4) is 0 Å². The van der Waals surface area contributed by atoms with E-state index in [-0.39, 0.29) is 5.91 Å². The quantitative estimate of drug-likeness (QED) is 0.847. The first-order chi connectivity index (χ1) is 8.66. The second kappa shape index (κ2) is 5.73. The summed E-state index contributed by atoms with van der Waals surface area (Å²) in [6.07, 6.45) is 4.03. The normalized spacial score (nSPS) is 10.3. The monoisotopic (exact) mass is 261 g/mol. The van der Waals surface area contributed by atoms with Crippen molar-refractivity contribution in [3.63, 3.8) is 0 Å². The Bertz CT molecular complexity index is 525. The molecule has 0 aliphatic rings. The van der Waals surface area contributed by atoms with E-state index in [2.05, 4.69) is 16.0 Å². The minimum absolute atomic E-state index is 0.0808. The molecule has 0 aromatic carbocycles. The number of likely N-dealkylation sites (N-methyl/N-ethyl adjacent to an activating group) is 1. The van der Waals surface area contributed by atoms with Crippen LogP contribution in [0.5, 0.6) is 0 Å². The summed E-state index contributed by atoms with van der Waals surface area (Å²) in [7, 11) is 1.79. The summed E-state index contributed by atoms with van der Waals surface area (Å²) in [6.45, 7) is 2.52. The van der Waals surface area contributed by atoms with E-state index in [0.717, 1.165) is 12.1 Å². The zero-order chi connectivity index (χ0) is 13.0. The van der Waals surface area contributed by atoms with Crippen LogP contribution in [0.1, 0.15) is 21.1 Å². The first kappa shape index (κ1) is 12.7. The molecule has 94 valence electrons. The Morgan fingerprint density at radius 2 is 2.28 bits per heavy atom. The third-order valence-corrected chi connectivity index (χ3v) is 3.53. The molecule has 5 heteroatoms. The van der Waals surface area contributed by atoms with Crippen molar-refractivity contribution in [3.05, 3.63) is 46.2 Å². The molecule has 0 fully saturated rings. The second-order valence-corrected chi connectivity index (χ2v) is 5.13. The lowest BCUT2D eigenvalue weighted by Gasteiger charge is -2.16. The molecule has 2 heterocycles. The Morgan fingerprint density at radius 3 is 2.94 bits per heavy atom. The molecular weight excluding hydrogens is 246 g/mol. The highest BCUT2D eigenvalue weighted by molar-refractivity contribution is 7.09. The maximum atomic E-state index is 12.1. The molecule has 2 aromatic heterocycles. The average Bonchev–Trinajstić information content (AvgIpc) is 2.88. The molecule has 0 bridgehead atoms. The molecule has 4 nitrogen and oxygen atoms in total. The van der Waals surface area contributed by atoms with Gasteiger partial charge in [-0.1, -0.05) is 6.07 Å². The molecule has 1 amide bonds. The lowest BCUT2D eigenvalue weighted by molar-refractivity contribution is 0.0790. The van der Waals surface area contributed by atoms with E-state index in [0.29, 0.717) is 12.2 Å². The van der Waals surface area contributed by atoms with Gasteiger partial charge in [-0.3, -0.25) is 9.78 Å². The molecule has 18 heavy (non-hydrogen) atoms. The van der Waals surface area contributed by atoms with E-state index in [9.17, 15) is 4.79 Å². The van der Waals surface area contributed by atoms with Crippen LogP contribution in [0, 0.1) is 6.92 Å². The molecule has 2 rings (SSSR count). The van der Waals surface area contributed by atoms with Crippen molar-refractivity contribution in [2.45, 2.75) is 13.3 Å². The van der Waals surface area contributed by atoms with Crippen molar-refractivity contribution in [2.24, 2.45) is 0 Å². The number of rotatable bonds is 4. The number of thiophene rings is 1. The second-order valence-electron chi connectivity index (χ2n) is 4.10. The lowest BCUT2D eigenvalue weighted by atomic mass is 10.3. The number of nitrogens with zero attached hydrogens (tertiary/aromatic N) is 3. The highest BCUT2D eigenvalue weighted by Gasteiger charge is 2.13. The highest BCUT2D eigenvalue weighted by Crippen LogP contribution is 2.10. The summed E-state index contributed by atoms with van der Waals surface area (Å²) in [5.41, 5.74) is 1.16. The zero-order valence-electron chi connectivity index (χ0n) is 10.5. The van der Waals surface area contributed by atoms with Gasteiger partial charge in [-0.05, 0) is 24.8 Å². The molecule has 0 radical (unpaired) electrons. The van der Waals surface area contributed by atoms with Crippen LogP contribution in [0.3, 0.4) is 0 Å². The summed E-state index contributed by atoms with van der Waals surface area (Å²) in [6, 6.07) is 4.10. The molecular formula is C13H15N3OS. The van der Waals surface area contributed by atoms with Gasteiger partial charge in [0.2, 0.25) is 0 Å². The fourth-order valence-corrected chi connectivity index (χ4v) is 2.29. The van der Waals surface area contributed by atoms with Gasteiger partial charge in [0.05, 0.1) is 11.9 Å². The molecule has 0 saturated carbocycles. The SMILES string of the molecule is Cc1cncc(C(=O)N(C)CCc2cccs2)n1. The number of aryl methyl sites for hydroxylation is 1. The van der Waals surface area contributed by atoms with Gasteiger partial charge in [0, 0.05) is 24.7 Å². The van der Waals surface area contributed by atoms with Crippen LogP contribution >= 0.6 is 11.3 Å². The Hall–Kier alpha value is -1.75. The number of hydrogen-bond donors (Lipinski definition) is 0. The maximum absolute atomic E-state index is 12.1. The molecule has 0 aliphatic heterocycles. The number of hydrogen-bond acceptors (Lipinski definition) is 4. The molecule has 0 unspecified atom stereocenters. The van der Waals surface area contributed by atoms with Crippen LogP contribution in [0.15, 0.2) is 29.9 Å². The summed E-state index contributed by atoms with van der Waals surface area (Å²) in [4.78, 5) is 23.2. The molecule has 0 aliphatic carbocycles. The smallest absolute Gasteiger partial charge is 0.273 e.